The van der Waals surface area contributed by atoms with E-state index in [2.05, 4.69) is 4.74 Å². The van der Waals surface area contributed by atoms with Crippen molar-refractivity contribution in [1.29, 1.82) is 0 Å². The maximum absolute atomic E-state index is 13.4. The molecule has 0 unspecified atom stereocenters. The number of rotatable bonds is 5. The summed E-state index contributed by atoms with van der Waals surface area (Å²) in [6.07, 6.45) is -0.636. The fourth-order valence-corrected chi connectivity index (χ4v) is 1.60. The van der Waals surface area contributed by atoms with Gasteiger partial charge < -0.3 is 4.74 Å². The summed E-state index contributed by atoms with van der Waals surface area (Å²) in [5, 5.41) is 0.390. The first-order valence-corrected chi connectivity index (χ1v) is 6.07. The Kier molecular flexibility index (Phi) is 5.26. The molecule has 1 aromatic carbocycles. The number of alkyl halides is 2. The summed E-state index contributed by atoms with van der Waals surface area (Å²) < 4.78 is 30.9. The Morgan fingerprint density at radius 2 is 1.89 bits per heavy atom. The molecule has 0 saturated heterocycles. The van der Waals surface area contributed by atoms with Crippen molar-refractivity contribution in [3.05, 3.63) is 33.8 Å². The van der Waals surface area contributed by atoms with Gasteiger partial charge in [0.15, 0.2) is 0 Å². The zero-order valence-electron chi connectivity index (χ0n) is 9.88. The van der Waals surface area contributed by atoms with Crippen molar-refractivity contribution in [2.45, 2.75) is 19.3 Å². The highest BCUT2D eigenvalue weighted by Gasteiger charge is 2.48. The minimum atomic E-state index is -4.16. The Labute approximate surface area is 118 Å². The Hall–Kier alpha value is -1.20. The van der Waals surface area contributed by atoms with Gasteiger partial charge in [-0.3, -0.25) is 4.79 Å². The van der Waals surface area contributed by atoms with E-state index in [4.69, 9.17) is 23.2 Å². The van der Waals surface area contributed by atoms with Gasteiger partial charge in [0, 0.05) is 6.42 Å². The summed E-state index contributed by atoms with van der Waals surface area (Å²) in [6, 6.07) is 4.06. The molecule has 0 aliphatic carbocycles. The molecule has 0 aliphatic heterocycles. The zero-order valence-corrected chi connectivity index (χ0v) is 11.4. The van der Waals surface area contributed by atoms with Gasteiger partial charge in [-0.05, 0) is 24.6 Å². The smallest absolute Gasteiger partial charge is 0.400 e. The molecule has 1 rings (SSSR count). The zero-order chi connectivity index (χ0) is 14.6. The van der Waals surface area contributed by atoms with Crippen LogP contribution in [0.15, 0.2) is 18.2 Å². The molecule has 0 heterocycles. The summed E-state index contributed by atoms with van der Waals surface area (Å²) in [7, 11) is 0. The molecule has 0 saturated carbocycles. The van der Waals surface area contributed by atoms with Crippen molar-refractivity contribution in [3.8, 4) is 0 Å². The second kappa shape index (κ2) is 6.30. The average Bonchev–Trinajstić information content (AvgIpc) is 2.34. The number of carbonyl (C=O) groups excluding carboxylic acids is 2. The number of carbonyl (C=O) groups is 2. The molecule has 0 aromatic heterocycles. The van der Waals surface area contributed by atoms with Gasteiger partial charge in [-0.25, -0.2) is 4.79 Å². The summed E-state index contributed by atoms with van der Waals surface area (Å²) in [6.45, 7) is 1.14. The maximum Gasteiger partial charge on any atom is 0.400 e. The molecule has 0 bridgehead atoms. The first-order chi connectivity index (χ1) is 8.78. The lowest BCUT2D eigenvalue weighted by Crippen LogP contribution is -2.40. The number of ether oxygens (including phenoxy) is 1. The topological polar surface area (TPSA) is 43.4 Å². The molecule has 0 spiro atoms. The van der Waals surface area contributed by atoms with Crippen molar-refractivity contribution < 1.29 is 23.1 Å². The standard InChI is InChI=1S/C12H10Cl2F2O3/c1-2-19-11(18)12(15,16)10(17)6-7-3-4-8(13)9(14)5-7/h3-5H,2,6H2,1H3. The third-order valence-corrected chi connectivity index (χ3v) is 2.97. The van der Waals surface area contributed by atoms with Crippen LogP contribution in [0.25, 0.3) is 0 Å². The lowest BCUT2D eigenvalue weighted by atomic mass is 10.0. The van der Waals surface area contributed by atoms with Crippen molar-refractivity contribution in [2.75, 3.05) is 6.61 Å². The molecule has 0 amide bonds. The van der Waals surface area contributed by atoms with E-state index in [0.717, 1.165) is 0 Å². The van der Waals surface area contributed by atoms with Crippen LogP contribution in [0.4, 0.5) is 8.78 Å². The van der Waals surface area contributed by atoms with Crippen molar-refractivity contribution in [1.82, 2.24) is 0 Å². The molecule has 0 atom stereocenters. The van der Waals surface area contributed by atoms with E-state index in [1.807, 2.05) is 0 Å². The van der Waals surface area contributed by atoms with Crippen LogP contribution in [0, 0.1) is 0 Å². The van der Waals surface area contributed by atoms with Gasteiger partial charge in [-0.2, -0.15) is 8.78 Å². The molecular formula is C12H10Cl2F2O3. The molecule has 0 radical (unpaired) electrons. The van der Waals surface area contributed by atoms with E-state index in [1.54, 1.807) is 0 Å². The lowest BCUT2D eigenvalue weighted by molar-refractivity contribution is -0.176. The van der Waals surface area contributed by atoms with E-state index in [0.29, 0.717) is 0 Å². The van der Waals surface area contributed by atoms with Gasteiger partial charge in [-0.15, -0.1) is 0 Å². The number of ketones is 1. The molecule has 0 fully saturated rings. The van der Waals surface area contributed by atoms with E-state index >= 15 is 0 Å². The summed E-state index contributed by atoms with van der Waals surface area (Å²) in [4.78, 5) is 22.4. The van der Waals surface area contributed by atoms with Gasteiger partial charge in [0.25, 0.3) is 0 Å². The predicted octanol–water partition coefficient (Wildman–Crippen LogP) is 3.30. The lowest BCUT2D eigenvalue weighted by Gasteiger charge is -2.13. The third kappa shape index (κ3) is 3.88. The van der Waals surface area contributed by atoms with E-state index < -0.39 is 24.1 Å². The molecule has 7 heteroatoms. The summed E-state index contributed by atoms with van der Waals surface area (Å²) >= 11 is 11.4. The van der Waals surface area contributed by atoms with Crippen LogP contribution in [0.5, 0.6) is 0 Å². The highest BCUT2D eigenvalue weighted by molar-refractivity contribution is 6.42. The minimum Gasteiger partial charge on any atom is -0.461 e. The fraction of sp³-hybridized carbons (Fsp3) is 0.333. The Balaban J connectivity index is 2.83. The van der Waals surface area contributed by atoms with Crippen LogP contribution in [0.2, 0.25) is 10.0 Å². The first kappa shape index (κ1) is 15.9. The number of hydrogen-bond donors (Lipinski definition) is 0. The number of hydrogen-bond acceptors (Lipinski definition) is 3. The van der Waals surface area contributed by atoms with E-state index in [1.165, 1.54) is 25.1 Å². The quantitative estimate of drug-likeness (QED) is 0.619. The number of halogens is 4. The monoisotopic (exact) mass is 310 g/mol. The van der Waals surface area contributed by atoms with Gasteiger partial charge in [0.1, 0.15) is 0 Å². The van der Waals surface area contributed by atoms with Crippen molar-refractivity contribution in [3.63, 3.8) is 0 Å². The van der Waals surface area contributed by atoms with Crippen LogP contribution in [0.3, 0.4) is 0 Å². The van der Waals surface area contributed by atoms with Crippen molar-refractivity contribution in [2.24, 2.45) is 0 Å². The first-order valence-electron chi connectivity index (χ1n) is 5.31. The SMILES string of the molecule is CCOC(=O)C(F)(F)C(=O)Cc1ccc(Cl)c(Cl)c1. The predicted molar refractivity (Wildman–Crippen MR) is 66.8 cm³/mol. The van der Waals surface area contributed by atoms with Crippen LogP contribution < -0.4 is 0 Å². The number of benzene rings is 1. The molecular weight excluding hydrogens is 301 g/mol. The highest BCUT2D eigenvalue weighted by atomic mass is 35.5. The van der Waals surface area contributed by atoms with Crippen LogP contribution in [-0.4, -0.2) is 24.3 Å². The molecule has 0 N–H and O–H groups in total. The largest absolute Gasteiger partial charge is 0.461 e. The van der Waals surface area contributed by atoms with E-state index in [9.17, 15) is 18.4 Å². The minimum absolute atomic E-state index is 0.145. The van der Waals surface area contributed by atoms with Gasteiger partial charge >= 0.3 is 11.9 Å². The fourth-order valence-electron chi connectivity index (χ4n) is 1.28. The van der Waals surface area contributed by atoms with Crippen LogP contribution in [-0.2, 0) is 20.7 Å². The molecule has 0 aliphatic rings. The van der Waals surface area contributed by atoms with Gasteiger partial charge in [0.05, 0.1) is 16.7 Å². The number of Topliss-reactive ketones (excluding diaryl/α,β-unsaturated/α-hetero) is 1. The Bertz CT molecular complexity index is 504. The number of esters is 1. The molecule has 3 nitrogen and oxygen atoms in total. The van der Waals surface area contributed by atoms with Gasteiger partial charge in [-0.1, -0.05) is 29.3 Å². The normalized spacial score (nSPS) is 11.2. The Morgan fingerprint density at radius 3 is 2.42 bits per heavy atom. The average molecular weight is 311 g/mol. The second-order valence-corrected chi connectivity index (χ2v) is 4.46. The van der Waals surface area contributed by atoms with Crippen LogP contribution >= 0.6 is 23.2 Å². The molecule has 1 aromatic rings. The van der Waals surface area contributed by atoms with E-state index in [-0.39, 0.29) is 22.2 Å². The summed E-state index contributed by atoms with van der Waals surface area (Å²) in [5.74, 6) is -7.56. The van der Waals surface area contributed by atoms with Crippen LogP contribution in [0.1, 0.15) is 12.5 Å². The molecule has 104 valence electrons. The second-order valence-electron chi connectivity index (χ2n) is 3.64. The third-order valence-electron chi connectivity index (χ3n) is 2.23. The molecule has 19 heavy (non-hydrogen) atoms. The van der Waals surface area contributed by atoms with Crippen molar-refractivity contribution >= 4 is 35.0 Å². The maximum atomic E-state index is 13.4. The highest BCUT2D eigenvalue weighted by Crippen LogP contribution is 2.25. The summed E-state index contributed by atoms with van der Waals surface area (Å²) in [5.41, 5.74) is 0.239. The van der Waals surface area contributed by atoms with Gasteiger partial charge in [0.2, 0.25) is 5.78 Å². The Morgan fingerprint density at radius 1 is 1.26 bits per heavy atom.